The van der Waals surface area contributed by atoms with Crippen LogP contribution in [0.3, 0.4) is 0 Å². The van der Waals surface area contributed by atoms with Gasteiger partial charge in [0, 0.05) is 11.9 Å². The molecule has 0 saturated heterocycles. The van der Waals surface area contributed by atoms with Gasteiger partial charge >= 0.3 is 0 Å². The summed E-state index contributed by atoms with van der Waals surface area (Å²) < 4.78 is 3.21. The molecule has 0 spiro atoms. The van der Waals surface area contributed by atoms with E-state index in [2.05, 4.69) is 22.6 Å². The Balaban J connectivity index is 2.24. The van der Waals surface area contributed by atoms with E-state index in [1.165, 1.54) is 0 Å². The molecule has 0 bridgehead atoms. The largest absolute Gasteiger partial charge is 0.310 e. The number of allylic oxidation sites excluding steroid dienone is 4. The number of halogens is 1. The van der Waals surface area contributed by atoms with Gasteiger partial charge in [0.25, 0.3) is 5.56 Å². The smallest absolute Gasteiger partial charge is 0.284 e. The van der Waals surface area contributed by atoms with Gasteiger partial charge in [-0.05, 0) is 31.5 Å². The van der Waals surface area contributed by atoms with Crippen molar-refractivity contribution in [3.63, 3.8) is 0 Å². The molecule has 0 unspecified atom stereocenters. The Morgan fingerprint density at radius 1 is 1.43 bits per heavy atom. The third-order valence-corrected chi connectivity index (χ3v) is 3.78. The molecule has 2 heterocycles. The molecule has 0 aliphatic heterocycles. The summed E-state index contributed by atoms with van der Waals surface area (Å²) in [4.78, 5) is 12.8. The minimum absolute atomic E-state index is 0.134. The maximum absolute atomic E-state index is 12.8. The highest BCUT2D eigenvalue weighted by atomic mass is 35.5. The fourth-order valence-electron chi connectivity index (χ4n) is 2.46. The van der Waals surface area contributed by atoms with E-state index < -0.39 is 0 Å². The van der Waals surface area contributed by atoms with Crippen LogP contribution in [-0.4, -0.2) is 20.7 Å². The fraction of sp³-hybridized carbons (Fsp3) is 0.333. The molecule has 110 valence electrons. The van der Waals surface area contributed by atoms with E-state index in [0.717, 1.165) is 25.1 Å². The Kier molecular flexibility index (Phi) is 3.94. The van der Waals surface area contributed by atoms with Gasteiger partial charge in [-0.3, -0.25) is 9.36 Å². The van der Waals surface area contributed by atoms with E-state index in [1.54, 1.807) is 21.3 Å². The van der Waals surface area contributed by atoms with Crippen LogP contribution in [0.2, 0.25) is 5.02 Å². The van der Waals surface area contributed by atoms with Crippen molar-refractivity contribution in [2.75, 3.05) is 6.54 Å². The van der Waals surface area contributed by atoms with Crippen LogP contribution in [0.5, 0.6) is 0 Å². The van der Waals surface area contributed by atoms with Gasteiger partial charge in [0.2, 0.25) is 0 Å². The lowest BCUT2D eigenvalue weighted by Gasteiger charge is -2.15. The molecular weight excluding hydrogens is 288 g/mol. The number of hydrogen-bond donors (Lipinski definition) is 1. The molecule has 5 nitrogen and oxygen atoms in total. The van der Waals surface area contributed by atoms with Crippen LogP contribution in [0.15, 0.2) is 35.3 Å². The lowest BCUT2D eigenvalue weighted by atomic mass is 10.1. The predicted molar refractivity (Wildman–Crippen MR) is 84.5 cm³/mol. The van der Waals surface area contributed by atoms with Gasteiger partial charge in [-0.15, -0.1) is 0 Å². The molecule has 21 heavy (non-hydrogen) atoms. The number of nitrogens with one attached hydrogen (secondary N) is 1. The van der Waals surface area contributed by atoms with Crippen molar-refractivity contribution < 1.29 is 0 Å². The first-order chi connectivity index (χ1) is 10.2. The maximum atomic E-state index is 12.8. The molecule has 0 aromatic carbocycles. The lowest BCUT2D eigenvalue weighted by Crippen LogP contribution is -2.30. The first kappa shape index (κ1) is 14.1. The zero-order chi connectivity index (χ0) is 14.8. The summed E-state index contributed by atoms with van der Waals surface area (Å²) in [5, 5.41) is 8.18. The van der Waals surface area contributed by atoms with Crippen molar-refractivity contribution in [3.05, 3.63) is 51.7 Å². The van der Waals surface area contributed by atoms with Gasteiger partial charge < -0.3 is 5.32 Å². The average Bonchev–Trinajstić information content (AvgIpc) is 2.87. The van der Waals surface area contributed by atoms with Crippen molar-refractivity contribution in [2.45, 2.75) is 26.3 Å². The second kappa shape index (κ2) is 5.87. The zero-order valence-electron chi connectivity index (χ0n) is 11.8. The Labute approximate surface area is 127 Å². The van der Waals surface area contributed by atoms with Gasteiger partial charge in [-0.2, -0.15) is 5.10 Å². The standard InChI is InChI=1S/C15H17ClN4O/c1-2-17-10-13-18-19-9-8-12(16)14(19)15(21)20(13)11-6-4-3-5-7-11/h4,6-9,17H,2-3,5,10H2,1H3. The van der Waals surface area contributed by atoms with Crippen LogP contribution in [-0.2, 0) is 6.54 Å². The zero-order valence-corrected chi connectivity index (χ0v) is 12.6. The molecule has 1 N–H and O–H groups in total. The third-order valence-electron chi connectivity index (χ3n) is 3.47. The number of hydrogen-bond acceptors (Lipinski definition) is 3. The van der Waals surface area contributed by atoms with Crippen molar-refractivity contribution >= 4 is 22.8 Å². The minimum Gasteiger partial charge on any atom is -0.310 e. The van der Waals surface area contributed by atoms with Crippen molar-refractivity contribution in [3.8, 4) is 0 Å². The lowest BCUT2D eigenvalue weighted by molar-refractivity contribution is 0.639. The summed E-state index contributed by atoms with van der Waals surface area (Å²) in [5.41, 5.74) is 1.15. The third kappa shape index (κ3) is 2.54. The Morgan fingerprint density at radius 2 is 2.29 bits per heavy atom. The molecule has 1 aliphatic rings. The number of nitrogens with zero attached hydrogens (tertiary/aromatic N) is 3. The van der Waals surface area contributed by atoms with Crippen LogP contribution < -0.4 is 10.9 Å². The molecule has 6 heteroatoms. The highest BCUT2D eigenvalue weighted by Crippen LogP contribution is 2.18. The predicted octanol–water partition coefficient (Wildman–Crippen LogP) is 2.45. The topological polar surface area (TPSA) is 51.3 Å². The molecule has 0 saturated carbocycles. The molecular formula is C15H17ClN4O. The average molecular weight is 305 g/mol. The van der Waals surface area contributed by atoms with Gasteiger partial charge in [-0.1, -0.05) is 30.7 Å². The van der Waals surface area contributed by atoms with Crippen molar-refractivity contribution in [2.24, 2.45) is 0 Å². The molecule has 0 atom stereocenters. The van der Waals surface area contributed by atoms with E-state index in [0.29, 0.717) is 22.9 Å². The first-order valence-corrected chi connectivity index (χ1v) is 7.46. The summed E-state index contributed by atoms with van der Waals surface area (Å²) in [6, 6.07) is 1.69. The second-order valence-corrected chi connectivity index (χ2v) is 5.31. The minimum atomic E-state index is -0.134. The van der Waals surface area contributed by atoms with E-state index in [-0.39, 0.29) is 5.56 Å². The Bertz CT molecular complexity index is 785. The summed E-state index contributed by atoms with van der Waals surface area (Å²) >= 11 is 6.12. The fourth-order valence-corrected chi connectivity index (χ4v) is 2.68. The number of fused-ring (bicyclic) bond motifs is 1. The monoisotopic (exact) mass is 304 g/mol. The number of aromatic nitrogens is 3. The molecule has 1 aliphatic carbocycles. The van der Waals surface area contributed by atoms with Crippen LogP contribution in [0, 0.1) is 0 Å². The molecule has 0 fully saturated rings. The van der Waals surface area contributed by atoms with Gasteiger partial charge in [0.15, 0.2) is 5.82 Å². The van der Waals surface area contributed by atoms with Gasteiger partial charge in [0.1, 0.15) is 5.52 Å². The van der Waals surface area contributed by atoms with Crippen molar-refractivity contribution in [1.82, 2.24) is 19.5 Å². The second-order valence-electron chi connectivity index (χ2n) is 4.90. The highest BCUT2D eigenvalue weighted by Gasteiger charge is 2.16. The normalized spacial score (nSPS) is 14.7. The molecule has 3 rings (SSSR count). The SMILES string of the molecule is CCNCc1nn2ccc(Cl)c2c(=O)n1C1=CCCC=C1. The van der Waals surface area contributed by atoms with Crippen LogP contribution >= 0.6 is 11.6 Å². The summed E-state index contributed by atoms with van der Waals surface area (Å²) in [6.45, 7) is 3.37. The van der Waals surface area contributed by atoms with E-state index in [9.17, 15) is 4.79 Å². The first-order valence-electron chi connectivity index (χ1n) is 7.09. The van der Waals surface area contributed by atoms with E-state index in [1.807, 2.05) is 13.0 Å². The maximum Gasteiger partial charge on any atom is 0.284 e. The van der Waals surface area contributed by atoms with Crippen LogP contribution in [0.25, 0.3) is 11.2 Å². The highest BCUT2D eigenvalue weighted by molar-refractivity contribution is 6.33. The number of rotatable bonds is 4. The molecule has 2 aromatic heterocycles. The quantitative estimate of drug-likeness (QED) is 0.944. The van der Waals surface area contributed by atoms with E-state index in [4.69, 9.17) is 11.6 Å². The Hall–Kier alpha value is -1.85. The van der Waals surface area contributed by atoms with E-state index >= 15 is 0 Å². The van der Waals surface area contributed by atoms with Crippen LogP contribution in [0.4, 0.5) is 0 Å². The molecule has 0 radical (unpaired) electrons. The van der Waals surface area contributed by atoms with Gasteiger partial charge in [0.05, 0.1) is 11.6 Å². The Morgan fingerprint density at radius 3 is 3.00 bits per heavy atom. The van der Waals surface area contributed by atoms with Crippen LogP contribution in [0.1, 0.15) is 25.6 Å². The summed E-state index contributed by atoms with van der Waals surface area (Å²) in [7, 11) is 0. The van der Waals surface area contributed by atoms with Gasteiger partial charge in [-0.25, -0.2) is 4.52 Å². The molecule has 2 aromatic rings. The summed E-state index contributed by atoms with van der Waals surface area (Å²) in [5.74, 6) is 0.680. The van der Waals surface area contributed by atoms with Crippen molar-refractivity contribution in [1.29, 1.82) is 0 Å². The molecule has 0 amide bonds. The summed E-state index contributed by atoms with van der Waals surface area (Å²) in [6.07, 6.45) is 9.75.